The fraction of sp³-hybridized carbons (Fsp3) is 0.278. The summed E-state index contributed by atoms with van der Waals surface area (Å²) in [4.78, 5) is 11.3. The molecular formula is C18H20O4. The number of aliphatic hydroxyl groups is 1. The Morgan fingerprint density at radius 1 is 1.05 bits per heavy atom. The fourth-order valence-corrected chi connectivity index (χ4v) is 2.07. The van der Waals surface area contributed by atoms with Gasteiger partial charge in [-0.15, -0.1) is 0 Å². The molecule has 0 saturated carbocycles. The van der Waals surface area contributed by atoms with Crippen molar-refractivity contribution in [3.05, 3.63) is 60.2 Å². The lowest BCUT2D eigenvalue weighted by molar-refractivity contribution is -0.145. The van der Waals surface area contributed by atoms with Gasteiger partial charge in [-0.2, -0.15) is 0 Å². The van der Waals surface area contributed by atoms with Crippen molar-refractivity contribution in [2.75, 3.05) is 6.61 Å². The van der Waals surface area contributed by atoms with Crippen molar-refractivity contribution in [3.63, 3.8) is 0 Å². The van der Waals surface area contributed by atoms with E-state index in [1.807, 2.05) is 54.6 Å². The lowest BCUT2D eigenvalue weighted by atomic mass is 10.1. The highest BCUT2D eigenvalue weighted by atomic mass is 16.5. The van der Waals surface area contributed by atoms with Gasteiger partial charge in [0.15, 0.2) is 0 Å². The monoisotopic (exact) mass is 300 g/mol. The van der Waals surface area contributed by atoms with E-state index in [0.717, 1.165) is 17.1 Å². The van der Waals surface area contributed by atoms with Crippen LogP contribution in [0.15, 0.2) is 54.6 Å². The minimum Gasteiger partial charge on any atom is -0.466 e. The van der Waals surface area contributed by atoms with Gasteiger partial charge < -0.3 is 14.6 Å². The third-order valence-corrected chi connectivity index (χ3v) is 3.08. The molecule has 0 aliphatic carbocycles. The summed E-state index contributed by atoms with van der Waals surface area (Å²) < 4.78 is 10.5. The summed E-state index contributed by atoms with van der Waals surface area (Å²) in [7, 11) is 0. The van der Waals surface area contributed by atoms with Crippen LogP contribution in [0, 0.1) is 0 Å². The Morgan fingerprint density at radius 2 is 1.68 bits per heavy atom. The van der Waals surface area contributed by atoms with Crippen LogP contribution in [0.2, 0.25) is 0 Å². The first-order valence-corrected chi connectivity index (χ1v) is 7.33. The largest absolute Gasteiger partial charge is 0.466 e. The molecule has 22 heavy (non-hydrogen) atoms. The van der Waals surface area contributed by atoms with Gasteiger partial charge in [0.2, 0.25) is 0 Å². The maximum Gasteiger partial charge on any atom is 0.308 e. The minimum atomic E-state index is -0.736. The van der Waals surface area contributed by atoms with Gasteiger partial charge in [0.25, 0.3) is 0 Å². The van der Waals surface area contributed by atoms with Gasteiger partial charge in [-0.1, -0.05) is 30.3 Å². The predicted octanol–water partition coefficient (Wildman–Crippen LogP) is 3.34. The average Bonchev–Trinajstić information content (AvgIpc) is 2.50. The van der Waals surface area contributed by atoms with Crippen molar-refractivity contribution in [3.8, 4) is 11.5 Å². The summed E-state index contributed by atoms with van der Waals surface area (Å²) in [6.07, 6.45) is -0.319. The molecule has 1 atom stereocenters. The van der Waals surface area contributed by atoms with Gasteiger partial charge in [-0.25, -0.2) is 0 Å². The van der Waals surface area contributed by atoms with Crippen molar-refractivity contribution in [1.29, 1.82) is 0 Å². The summed E-state index contributed by atoms with van der Waals surface area (Å²) in [5.74, 6) is 1.13. The predicted molar refractivity (Wildman–Crippen MR) is 83.9 cm³/mol. The molecule has 0 radical (unpaired) electrons. The van der Waals surface area contributed by atoms with Gasteiger partial charge in [0, 0.05) is 0 Å². The van der Waals surface area contributed by atoms with E-state index in [-0.39, 0.29) is 12.4 Å². The van der Waals surface area contributed by atoms with Crippen LogP contribution in [-0.2, 0) is 16.0 Å². The van der Waals surface area contributed by atoms with Crippen LogP contribution in [0.4, 0.5) is 0 Å². The molecule has 116 valence electrons. The van der Waals surface area contributed by atoms with Crippen LogP contribution in [0.5, 0.6) is 11.5 Å². The summed E-state index contributed by atoms with van der Waals surface area (Å²) >= 11 is 0. The highest BCUT2D eigenvalue weighted by Crippen LogP contribution is 2.21. The number of hydrogen-bond acceptors (Lipinski definition) is 4. The summed E-state index contributed by atoms with van der Waals surface area (Å²) in [5, 5.41) is 9.87. The molecule has 0 saturated heterocycles. The van der Waals surface area contributed by atoms with Crippen LogP contribution >= 0.6 is 0 Å². The van der Waals surface area contributed by atoms with E-state index in [1.54, 1.807) is 6.92 Å². The van der Waals surface area contributed by atoms with Crippen molar-refractivity contribution in [2.45, 2.75) is 25.9 Å². The molecule has 4 heteroatoms. The highest BCUT2D eigenvalue weighted by molar-refractivity contribution is 5.69. The molecule has 0 aliphatic heterocycles. The molecule has 0 aromatic heterocycles. The number of rotatable bonds is 7. The molecule has 0 aliphatic rings. The molecule has 0 amide bonds. The van der Waals surface area contributed by atoms with Gasteiger partial charge >= 0.3 is 5.97 Å². The van der Waals surface area contributed by atoms with Crippen molar-refractivity contribution in [1.82, 2.24) is 0 Å². The highest BCUT2D eigenvalue weighted by Gasteiger charge is 2.12. The molecule has 2 aromatic carbocycles. The van der Waals surface area contributed by atoms with E-state index < -0.39 is 6.10 Å². The number of aliphatic hydroxyl groups excluding tert-OH is 1. The topological polar surface area (TPSA) is 55.8 Å². The third-order valence-electron chi connectivity index (χ3n) is 3.08. The standard InChI is InChI=1S/C18H20O4/c1-2-21-18(20)13-15(19)12-14-8-10-17(11-9-14)22-16-6-4-3-5-7-16/h3-11,15,19H,2,12-13H2,1H3/t15-/m1/s1. The van der Waals surface area contributed by atoms with Crippen molar-refractivity contribution in [2.24, 2.45) is 0 Å². The Morgan fingerprint density at radius 3 is 2.32 bits per heavy atom. The average molecular weight is 300 g/mol. The Kier molecular flexibility index (Phi) is 5.98. The lowest BCUT2D eigenvalue weighted by Crippen LogP contribution is -2.18. The zero-order valence-corrected chi connectivity index (χ0v) is 12.6. The molecular weight excluding hydrogens is 280 g/mol. The van der Waals surface area contributed by atoms with E-state index in [4.69, 9.17) is 9.47 Å². The zero-order chi connectivity index (χ0) is 15.8. The van der Waals surface area contributed by atoms with E-state index in [2.05, 4.69) is 0 Å². The van der Waals surface area contributed by atoms with Crippen LogP contribution < -0.4 is 4.74 Å². The van der Waals surface area contributed by atoms with E-state index >= 15 is 0 Å². The smallest absolute Gasteiger partial charge is 0.308 e. The Balaban J connectivity index is 1.87. The molecule has 2 rings (SSSR count). The van der Waals surface area contributed by atoms with Crippen LogP contribution in [0.25, 0.3) is 0 Å². The minimum absolute atomic E-state index is 0.0100. The maximum absolute atomic E-state index is 11.3. The van der Waals surface area contributed by atoms with Gasteiger partial charge in [-0.3, -0.25) is 4.79 Å². The number of para-hydroxylation sites is 1. The Labute approximate surface area is 130 Å². The second kappa shape index (κ2) is 8.20. The van der Waals surface area contributed by atoms with Crippen LogP contribution in [0.3, 0.4) is 0 Å². The molecule has 0 spiro atoms. The van der Waals surface area contributed by atoms with Gasteiger partial charge in [-0.05, 0) is 43.2 Å². The number of hydrogen-bond donors (Lipinski definition) is 1. The van der Waals surface area contributed by atoms with Crippen LogP contribution in [0.1, 0.15) is 18.9 Å². The summed E-state index contributed by atoms with van der Waals surface area (Å²) in [6, 6.07) is 17.0. The second-order valence-corrected chi connectivity index (χ2v) is 4.93. The fourth-order valence-electron chi connectivity index (χ4n) is 2.07. The molecule has 0 fully saturated rings. The van der Waals surface area contributed by atoms with E-state index in [0.29, 0.717) is 13.0 Å². The summed E-state index contributed by atoms with van der Waals surface area (Å²) in [6.45, 7) is 2.08. The molecule has 0 bridgehead atoms. The molecule has 0 unspecified atom stereocenters. The van der Waals surface area contributed by atoms with E-state index in [9.17, 15) is 9.90 Å². The number of carbonyl (C=O) groups excluding carboxylic acids is 1. The van der Waals surface area contributed by atoms with Crippen LogP contribution in [-0.4, -0.2) is 23.8 Å². The number of esters is 1. The number of carbonyl (C=O) groups is 1. The van der Waals surface area contributed by atoms with Gasteiger partial charge in [0.1, 0.15) is 11.5 Å². The molecule has 0 heterocycles. The second-order valence-electron chi connectivity index (χ2n) is 4.93. The third kappa shape index (κ3) is 5.22. The Bertz CT molecular complexity index is 578. The SMILES string of the molecule is CCOC(=O)C[C@H](O)Cc1ccc(Oc2ccccc2)cc1. The maximum atomic E-state index is 11.3. The first-order valence-electron chi connectivity index (χ1n) is 7.33. The number of benzene rings is 2. The van der Waals surface area contributed by atoms with Crippen molar-refractivity contribution >= 4 is 5.97 Å². The quantitative estimate of drug-likeness (QED) is 0.797. The molecule has 4 nitrogen and oxygen atoms in total. The molecule has 1 N–H and O–H groups in total. The first-order chi connectivity index (χ1) is 10.7. The zero-order valence-electron chi connectivity index (χ0n) is 12.6. The summed E-state index contributed by atoms with van der Waals surface area (Å²) in [5.41, 5.74) is 0.942. The normalized spacial score (nSPS) is 11.7. The van der Waals surface area contributed by atoms with Crippen molar-refractivity contribution < 1.29 is 19.4 Å². The lowest BCUT2D eigenvalue weighted by Gasteiger charge is -2.11. The van der Waals surface area contributed by atoms with Gasteiger partial charge in [0.05, 0.1) is 19.1 Å². The number of ether oxygens (including phenoxy) is 2. The van der Waals surface area contributed by atoms with E-state index in [1.165, 1.54) is 0 Å². The first kappa shape index (κ1) is 16.0. The molecule has 2 aromatic rings. The Hall–Kier alpha value is -2.33.